The molecule has 0 radical (unpaired) electrons. The molecular weight excluding hydrogens is 276 g/mol. The lowest BCUT2D eigenvalue weighted by molar-refractivity contribution is -0.127. The summed E-state index contributed by atoms with van der Waals surface area (Å²) in [6.07, 6.45) is 7.95. The fourth-order valence-corrected chi connectivity index (χ4v) is 3.26. The van der Waals surface area contributed by atoms with Crippen molar-refractivity contribution in [3.05, 3.63) is 29.8 Å². The quantitative estimate of drug-likeness (QED) is 0.868. The third-order valence-electron chi connectivity index (χ3n) is 4.55. The van der Waals surface area contributed by atoms with Gasteiger partial charge in [-0.2, -0.15) is 0 Å². The van der Waals surface area contributed by atoms with Gasteiger partial charge in [-0.1, -0.05) is 24.1 Å². The van der Waals surface area contributed by atoms with Gasteiger partial charge in [0, 0.05) is 17.9 Å². The number of hydrogen-bond acceptors (Lipinski definition) is 3. The van der Waals surface area contributed by atoms with E-state index in [1.807, 2.05) is 24.3 Å². The molecule has 1 aromatic carbocycles. The monoisotopic (exact) mass is 298 g/mol. The van der Waals surface area contributed by atoms with Crippen molar-refractivity contribution >= 4 is 5.91 Å². The van der Waals surface area contributed by atoms with Crippen molar-refractivity contribution in [3.8, 4) is 18.1 Å². The van der Waals surface area contributed by atoms with Crippen molar-refractivity contribution in [1.29, 1.82) is 0 Å². The van der Waals surface area contributed by atoms with Crippen molar-refractivity contribution < 1.29 is 9.53 Å². The minimum absolute atomic E-state index is 0.0705. The van der Waals surface area contributed by atoms with Crippen molar-refractivity contribution in [3.63, 3.8) is 0 Å². The van der Waals surface area contributed by atoms with Crippen LogP contribution in [0.15, 0.2) is 24.3 Å². The zero-order chi connectivity index (χ0) is 15.4. The Hall–Kier alpha value is -1.99. The molecule has 1 aromatic rings. The number of nitrogens with zero attached hydrogens (tertiary/aromatic N) is 1. The number of hydrogen-bond donors (Lipinski definition) is 1. The zero-order valence-corrected chi connectivity index (χ0v) is 12.8. The number of ether oxygens (including phenoxy) is 1. The van der Waals surface area contributed by atoms with Crippen molar-refractivity contribution in [2.75, 3.05) is 26.2 Å². The Balaban J connectivity index is 1.58. The van der Waals surface area contributed by atoms with E-state index in [1.54, 1.807) is 0 Å². The van der Waals surface area contributed by atoms with Crippen LogP contribution in [-0.4, -0.2) is 37.0 Å². The van der Waals surface area contributed by atoms with Gasteiger partial charge >= 0.3 is 0 Å². The smallest absolute Gasteiger partial charge is 0.223 e. The van der Waals surface area contributed by atoms with Gasteiger partial charge in [0.05, 0.1) is 19.2 Å². The minimum atomic E-state index is 0.0705. The van der Waals surface area contributed by atoms with Crippen molar-refractivity contribution in [2.24, 2.45) is 5.92 Å². The van der Waals surface area contributed by atoms with Gasteiger partial charge in [0.2, 0.25) is 5.91 Å². The number of terminal acetylenes is 1. The number of para-hydroxylation sites is 1. The van der Waals surface area contributed by atoms with Crippen LogP contribution < -0.4 is 10.1 Å². The molecule has 1 saturated heterocycles. The van der Waals surface area contributed by atoms with Crippen LogP contribution in [0, 0.1) is 18.3 Å². The number of amides is 1. The van der Waals surface area contributed by atoms with Gasteiger partial charge in [-0.05, 0) is 32.0 Å². The standard InChI is InChI=1S/C18H22N2O2/c1-2-10-20-11-7-14(8-12-20)18(21)19-16-9-13-22-17-6-4-3-5-15(16)17/h1,3-6,14,16H,7-13H2,(H,19,21). The highest BCUT2D eigenvalue weighted by Gasteiger charge is 2.28. The molecule has 116 valence electrons. The highest BCUT2D eigenvalue weighted by Crippen LogP contribution is 2.32. The topological polar surface area (TPSA) is 41.6 Å². The predicted octanol–water partition coefficient (Wildman–Crippen LogP) is 1.97. The van der Waals surface area contributed by atoms with E-state index in [9.17, 15) is 4.79 Å². The van der Waals surface area contributed by atoms with E-state index in [2.05, 4.69) is 16.1 Å². The third-order valence-corrected chi connectivity index (χ3v) is 4.55. The Morgan fingerprint density at radius 3 is 2.86 bits per heavy atom. The molecule has 2 aliphatic rings. The van der Waals surface area contributed by atoms with Crippen LogP contribution in [0.4, 0.5) is 0 Å². The number of carbonyl (C=O) groups excluding carboxylic acids is 1. The number of likely N-dealkylation sites (tertiary alicyclic amines) is 1. The molecule has 1 amide bonds. The average molecular weight is 298 g/mol. The maximum Gasteiger partial charge on any atom is 0.223 e. The summed E-state index contributed by atoms with van der Waals surface area (Å²) in [5.41, 5.74) is 1.09. The van der Waals surface area contributed by atoms with Crippen LogP contribution in [0.25, 0.3) is 0 Å². The summed E-state index contributed by atoms with van der Waals surface area (Å²) in [5, 5.41) is 3.21. The number of piperidine rings is 1. The van der Waals surface area contributed by atoms with Crippen molar-refractivity contribution in [1.82, 2.24) is 10.2 Å². The molecule has 3 rings (SSSR count). The van der Waals surface area contributed by atoms with E-state index in [0.717, 1.165) is 43.7 Å². The van der Waals surface area contributed by atoms with Gasteiger partial charge in [0.25, 0.3) is 0 Å². The van der Waals surface area contributed by atoms with Crippen LogP contribution in [0.5, 0.6) is 5.75 Å². The van der Waals surface area contributed by atoms with E-state index >= 15 is 0 Å². The lowest BCUT2D eigenvalue weighted by Crippen LogP contribution is -2.42. The average Bonchev–Trinajstić information content (AvgIpc) is 2.56. The Bertz CT molecular complexity index is 571. The Kier molecular flexibility index (Phi) is 4.65. The molecule has 1 atom stereocenters. The largest absolute Gasteiger partial charge is 0.493 e. The fourth-order valence-electron chi connectivity index (χ4n) is 3.26. The second-order valence-corrected chi connectivity index (χ2v) is 5.99. The Morgan fingerprint density at radius 2 is 2.09 bits per heavy atom. The third kappa shape index (κ3) is 3.26. The first-order valence-electron chi connectivity index (χ1n) is 7.96. The Morgan fingerprint density at radius 1 is 1.32 bits per heavy atom. The second kappa shape index (κ2) is 6.85. The van der Waals surface area contributed by atoms with E-state index in [0.29, 0.717) is 13.2 Å². The zero-order valence-electron chi connectivity index (χ0n) is 12.8. The van der Waals surface area contributed by atoms with Gasteiger partial charge in [0.1, 0.15) is 5.75 Å². The molecule has 2 heterocycles. The summed E-state index contributed by atoms with van der Waals surface area (Å²) in [6, 6.07) is 8.03. The van der Waals surface area contributed by atoms with Gasteiger partial charge in [-0.15, -0.1) is 6.42 Å². The summed E-state index contributed by atoms with van der Waals surface area (Å²) in [6.45, 7) is 3.16. The minimum Gasteiger partial charge on any atom is -0.493 e. The molecular formula is C18H22N2O2. The lowest BCUT2D eigenvalue weighted by atomic mass is 9.94. The van der Waals surface area contributed by atoms with Gasteiger partial charge in [-0.25, -0.2) is 0 Å². The molecule has 0 spiro atoms. The van der Waals surface area contributed by atoms with Crippen LogP contribution in [0.1, 0.15) is 30.9 Å². The van der Waals surface area contributed by atoms with Crippen LogP contribution in [-0.2, 0) is 4.79 Å². The molecule has 1 unspecified atom stereocenters. The summed E-state index contributed by atoms with van der Waals surface area (Å²) in [5.74, 6) is 3.83. The molecule has 0 bridgehead atoms. The van der Waals surface area contributed by atoms with Gasteiger partial charge < -0.3 is 10.1 Å². The molecule has 0 aromatic heterocycles. The van der Waals surface area contributed by atoms with Crippen LogP contribution >= 0.6 is 0 Å². The predicted molar refractivity (Wildman–Crippen MR) is 85.4 cm³/mol. The number of rotatable bonds is 3. The molecule has 4 heteroatoms. The molecule has 0 saturated carbocycles. The van der Waals surface area contributed by atoms with Gasteiger partial charge in [-0.3, -0.25) is 9.69 Å². The van der Waals surface area contributed by atoms with Gasteiger partial charge in [0.15, 0.2) is 0 Å². The van der Waals surface area contributed by atoms with Crippen molar-refractivity contribution in [2.45, 2.75) is 25.3 Å². The number of carbonyl (C=O) groups is 1. The molecule has 22 heavy (non-hydrogen) atoms. The molecule has 2 aliphatic heterocycles. The summed E-state index contributed by atoms with van der Waals surface area (Å²) in [4.78, 5) is 14.8. The maximum absolute atomic E-state index is 12.5. The molecule has 1 fully saturated rings. The summed E-state index contributed by atoms with van der Waals surface area (Å²) in [7, 11) is 0. The van der Waals surface area contributed by atoms with E-state index in [-0.39, 0.29) is 17.9 Å². The van der Waals surface area contributed by atoms with E-state index in [1.165, 1.54) is 0 Å². The normalized spacial score (nSPS) is 22.2. The summed E-state index contributed by atoms with van der Waals surface area (Å²) >= 11 is 0. The molecule has 1 N–H and O–H groups in total. The van der Waals surface area contributed by atoms with E-state index in [4.69, 9.17) is 11.2 Å². The first-order valence-corrected chi connectivity index (χ1v) is 7.96. The van der Waals surface area contributed by atoms with Crippen LogP contribution in [0.2, 0.25) is 0 Å². The maximum atomic E-state index is 12.5. The van der Waals surface area contributed by atoms with Crippen LogP contribution in [0.3, 0.4) is 0 Å². The lowest BCUT2D eigenvalue weighted by Gasteiger charge is -2.32. The Labute approximate surface area is 131 Å². The number of fused-ring (bicyclic) bond motifs is 1. The van der Waals surface area contributed by atoms with E-state index < -0.39 is 0 Å². The first kappa shape index (κ1) is 14.9. The number of nitrogens with one attached hydrogen (secondary N) is 1. The second-order valence-electron chi connectivity index (χ2n) is 5.99. The molecule has 4 nitrogen and oxygen atoms in total. The fraction of sp³-hybridized carbons (Fsp3) is 0.500. The number of benzene rings is 1. The SMILES string of the molecule is C#CCN1CCC(C(=O)NC2CCOc3ccccc32)CC1. The highest BCUT2D eigenvalue weighted by atomic mass is 16.5. The first-order chi connectivity index (χ1) is 10.8. The molecule has 0 aliphatic carbocycles. The summed E-state index contributed by atoms with van der Waals surface area (Å²) < 4.78 is 5.64. The highest BCUT2D eigenvalue weighted by molar-refractivity contribution is 5.79.